The van der Waals surface area contributed by atoms with Gasteiger partial charge in [0.15, 0.2) is 11.2 Å². The first-order valence-electron chi connectivity index (χ1n) is 8.70. The van der Waals surface area contributed by atoms with Gasteiger partial charge in [-0.1, -0.05) is 42.5 Å². The molecule has 130 valence electrons. The van der Waals surface area contributed by atoms with E-state index in [9.17, 15) is 14.4 Å². The Hall–Kier alpha value is -2.95. The molecule has 2 aromatic carbocycles. The fourth-order valence-electron chi connectivity index (χ4n) is 5.02. The summed E-state index contributed by atoms with van der Waals surface area (Å²) in [6, 6.07) is 14.4. The van der Waals surface area contributed by atoms with E-state index in [0.717, 1.165) is 11.1 Å². The Labute approximate surface area is 149 Å². The van der Waals surface area contributed by atoms with Gasteiger partial charge in [0, 0.05) is 17.0 Å². The van der Waals surface area contributed by atoms with Gasteiger partial charge in [0.05, 0.1) is 12.0 Å². The monoisotopic (exact) mass is 348 g/mol. The largest absolute Gasteiger partial charge is 0.465 e. The number of Topliss-reactive ketones (excluding diaryl/α,β-unsaturated/α-hetero) is 1. The van der Waals surface area contributed by atoms with Crippen molar-refractivity contribution in [3.8, 4) is 5.75 Å². The number of para-hydroxylation sites is 1. The first kappa shape index (κ1) is 15.3. The van der Waals surface area contributed by atoms with Crippen molar-refractivity contribution in [1.29, 1.82) is 0 Å². The van der Waals surface area contributed by atoms with Gasteiger partial charge >= 0.3 is 11.9 Å². The van der Waals surface area contributed by atoms with Crippen molar-refractivity contribution < 1.29 is 23.9 Å². The van der Waals surface area contributed by atoms with Crippen LogP contribution in [-0.4, -0.2) is 24.3 Å². The molecule has 0 aromatic heterocycles. The van der Waals surface area contributed by atoms with Gasteiger partial charge in [-0.3, -0.25) is 14.4 Å². The molecule has 3 unspecified atom stereocenters. The Morgan fingerprint density at radius 2 is 1.88 bits per heavy atom. The Morgan fingerprint density at radius 3 is 2.65 bits per heavy atom. The van der Waals surface area contributed by atoms with E-state index in [4.69, 9.17) is 9.47 Å². The highest BCUT2D eigenvalue weighted by molar-refractivity contribution is 6.22. The summed E-state index contributed by atoms with van der Waals surface area (Å²) in [5, 5.41) is 0. The van der Waals surface area contributed by atoms with E-state index in [1.54, 1.807) is 31.2 Å². The molecule has 0 N–H and O–H groups in total. The minimum absolute atomic E-state index is 0.138. The second-order valence-electron chi connectivity index (χ2n) is 7.02. The van der Waals surface area contributed by atoms with Gasteiger partial charge in [-0.05, 0) is 25.0 Å². The number of fused-ring (bicyclic) bond motifs is 6. The molecule has 1 aliphatic heterocycles. The van der Waals surface area contributed by atoms with Crippen LogP contribution in [0.2, 0.25) is 0 Å². The molecule has 3 aliphatic rings. The van der Waals surface area contributed by atoms with E-state index < -0.39 is 28.7 Å². The minimum Gasteiger partial charge on any atom is -0.465 e. The lowest BCUT2D eigenvalue weighted by atomic mass is 9.88. The Bertz CT molecular complexity index is 993. The molecule has 0 radical (unpaired) electrons. The van der Waals surface area contributed by atoms with E-state index in [1.807, 2.05) is 24.3 Å². The number of hydrogen-bond donors (Lipinski definition) is 0. The molecule has 1 saturated carbocycles. The second-order valence-corrected chi connectivity index (χ2v) is 7.02. The molecular formula is C21H16O5. The van der Waals surface area contributed by atoms with Gasteiger partial charge in [0.2, 0.25) is 0 Å². The molecule has 2 aliphatic carbocycles. The maximum Gasteiger partial charge on any atom is 0.330 e. The molecule has 0 saturated heterocycles. The number of hydrogen-bond acceptors (Lipinski definition) is 5. The molecule has 5 rings (SSSR count). The third kappa shape index (κ3) is 1.46. The summed E-state index contributed by atoms with van der Waals surface area (Å²) < 4.78 is 10.8. The number of benzene rings is 2. The Balaban J connectivity index is 1.76. The summed E-state index contributed by atoms with van der Waals surface area (Å²) >= 11 is 0. The van der Waals surface area contributed by atoms with Crippen LogP contribution in [0.4, 0.5) is 0 Å². The quantitative estimate of drug-likeness (QED) is 0.474. The zero-order valence-electron chi connectivity index (χ0n) is 14.2. The van der Waals surface area contributed by atoms with Crippen molar-refractivity contribution in [2.24, 2.45) is 10.8 Å². The van der Waals surface area contributed by atoms with Crippen molar-refractivity contribution in [3.63, 3.8) is 0 Å². The first-order chi connectivity index (χ1) is 12.6. The lowest BCUT2D eigenvalue weighted by molar-refractivity contribution is -0.162. The van der Waals surface area contributed by atoms with Gasteiger partial charge in [-0.2, -0.15) is 0 Å². The second kappa shape index (κ2) is 4.81. The number of esters is 2. The fourth-order valence-corrected chi connectivity index (χ4v) is 5.02. The van der Waals surface area contributed by atoms with Crippen LogP contribution in [0, 0.1) is 10.8 Å². The molecule has 5 nitrogen and oxygen atoms in total. The molecule has 26 heavy (non-hydrogen) atoms. The van der Waals surface area contributed by atoms with Crippen LogP contribution in [0.15, 0.2) is 48.5 Å². The zero-order chi connectivity index (χ0) is 18.1. The number of ketones is 1. The first-order valence-corrected chi connectivity index (χ1v) is 8.70. The topological polar surface area (TPSA) is 69.7 Å². The third-order valence-corrected chi connectivity index (χ3v) is 6.03. The standard InChI is InChI=1S/C21H16O5/c1-2-25-18(23)21-16(14-9-5-6-10-15(14)26-19(21)24)20(21)11-12-7-3-4-8-13(12)17(20)22/h3-10,16H,2,11H2,1H3. The van der Waals surface area contributed by atoms with Crippen LogP contribution in [0.1, 0.15) is 34.3 Å². The Kier molecular flexibility index (Phi) is 2.84. The molecule has 1 heterocycles. The van der Waals surface area contributed by atoms with Crippen LogP contribution in [0.5, 0.6) is 5.75 Å². The van der Waals surface area contributed by atoms with E-state index >= 15 is 0 Å². The summed E-state index contributed by atoms with van der Waals surface area (Å²) in [4.78, 5) is 39.4. The highest BCUT2D eigenvalue weighted by Crippen LogP contribution is 2.81. The van der Waals surface area contributed by atoms with Gasteiger partial charge in [0.1, 0.15) is 5.75 Å². The van der Waals surface area contributed by atoms with Crippen LogP contribution in [-0.2, 0) is 20.7 Å². The maximum absolute atomic E-state index is 13.4. The van der Waals surface area contributed by atoms with E-state index in [1.165, 1.54) is 0 Å². The van der Waals surface area contributed by atoms with Gasteiger partial charge in [0.25, 0.3) is 0 Å². The van der Waals surface area contributed by atoms with Gasteiger partial charge < -0.3 is 9.47 Å². The van der Waals surface area contributed by atoms with Crippen LogP contribution in [0.25, 0.3) is 0 Å². The molecule has 0 amide bonds. The Morgan fingerprint density at radius 1 is 1.15 bits per heavy atom. The summed E-state index contributed by atoms with van der Waals surface area (Å²) in [5.41, 5.74) is -0.571. The predicted octanol–water partition coefficient (Wildman–Crippen LogP) is 2.68. The number of carbonyl (C=O) groups excluding carboxylic acids is 3. The maximum atomic E-state index is 13.4. The predicted molar refractivity (Wildman–Crippen MR) is 90.8 cm³/mol. The molecule has 0 bridgehead atoms. The van der Waals surface area contributed by atoms with E-state index in [-0.39, 0.29) is 12.4 Å². The smallest absolute Gasteiger partial charge is 0.330 e. The number of rotatable bonds is 2. The summed E-state index contributed by atoms with van der Waals surface area (Å²) in [5.74, 6) is -1.64. The third-order valence-electron chi connectivity index (χ3n) is 6.03. The van der Waals surface area contributed by atoms with E-state index in [0.29, 0.717) is 17.7 Å². The van der Waals surface area contributed by atoms with Crippen molar-refractivity contribution in [3.05, 3.63) is 65.2 Å². The summed E-state index contributed by atoms with van der Waals surface area (Å²) in [6.45, 7) is 1.82. The molecule has 1 fully saturated rings. The van der Waals surface area contributed by atoms with Crippen LogP contribution >= 0.6 is 0 Å². The lowest BCUT2D eigenvalue weighted by Crippen LogP contribution is -2.40. The normalized spacial score (nSPS) is 30.3. The number of ether oxygens (including phenoxy) is 2. The van der Waals surface area contributed by atoms with Gasteiger partial charge in [-0.15, -0.1) is 0 Å². The average Bonchev–Trinajstić information content (AvgIpc) is 3.17. The van der Waals surface area contributed by atoms with E-state index in [2.05, 4.69) is 0 Å². The van der Waals surface area contributed by atoms with Crippen molar-refractivity contribution in [1.82, 2.24) is 0 Å². The summed E-state index contributed by atoms with van der Waals surface area (Å²) in [7, 11) is 0. The fraction of sp³-hybridized carbons (Fsp3) is 0.286. The molecule has 3 atom stereocenters. The highest BCUT2D eigenvalue weighted by Gasteiger charge is 2.91. The highest BCUT2D eigenvalue weighted by atomic mass is 16.6. The molecular weight excluding hydrogens is 332 g/mol. The van der Waals surface area contributed by atoms with Crippen molar-refractivity contribution in [2.45, 2.75) is 19.3 Å². The number of carbonyl (C=O) groups is 3. The van der Waals surface area contributed by atoms with Gasteiger partial charge in [-0.25, -0.2) is 0 Å². The molecule has 5 heteroatoms. The van der Waals surface area contributed by atoms with Crippen LogP contribution in [0.3, 0.4) is 0 Å². The SMILES string of the molecule is CCOC(=O)C12C(=O)Oc3ccccc3C1C21Cc2ccccc2C1=O. The van der Waals surface area contributed by atoms with Crippen molar-refractivity contribution >= 4 is 17.7 Å². The average molecular weight is 348 g/mol. The minimum atomic E-state index is -1.59. The lowest BCUT2D eigenvalue weighted by Gasteiger charge is -2.21. The zero-order valence-corrected chi connectivity index (χ0v) is 14.2. The molecule has 2 aromatic rings. The van der Waals surface area contributed by atoms with Crippen molar-refractivity contribution in [2.75, 3.05) is 6.61 Å². The molecule has 1 spiro atoms. The van der Waals surface area contributed by atoms with Crippen LogP contribution < -0.4 is 4.74 Å². The summed E-state index contributed by atoms with van der Waals surface area (Å²) in [6.07, 6.45) is 0.342.